The van der Waals surface area contributed by atoms with Gasteiger partial charge in [0.15, 0.2) is 0 Å². The molecule has 1 amide bonds. The summed E-state index contributed by atoms with van der Waals surface area (Å²) in [6, 6.07) is 13.9. The Morgan fingerprint density at radius 2 is 1.93 bits per heavy atom. The van der Waals surface area contributed by atoms with Crippen LogP contribution in [0.15, 0.2) is 58.4 Å². The fourth-order valence-corrected chi connectivity index (χ4v) is 3.72. The summed E-state index contributed by atoms with van der Waals surface area (Å²) in [5, 5.41) is 7.94. The van der Waals surface area contributed by atoms with E-state index in [-0.39, 0.29) is 11.5 Å². The third-order valence-corrected chi connectivity index (χ3v) is 5.89. The van der Waals surface area contributed by atoms with Crippen LogP contribution in [0.1, 0.15) is 18.1 Å². The molecule has 30 heavy (non-hydrogen) atoms. The van der Waals surface area contributed by atoms with Gasteiger partial charge in [0.25, 0.3) is 5.56 Å². The van der Waals surface area contributed by atoms with Gasteiger partial charge in [-0.05, 0) is 62.2 Å². The van der Waals surface area contributed by atoms with Crippen molar-refractivity contribution in [3.8, 4) is 11.4 Å². The molecule has 0 fully saturated rings. The average molecular weight is 444 g/mol. The summed E-state index contributed by atoms with van der Waals surface area (Å²) in [7, 11) is 1.56. The van der Waals surface area contributed by atoms with E-state index in [0.29, 0.717) is 27.2 Å². The Bertz CT molecular complexity index is 1150. The predicted molar refractivity (Wildman–Crippen MR) is 121 cm³/mol. The van der Waals surface area contributed by atoms with Crippen LogP contribution in [0.5, 0.6) is 5.75 Å². The highest BCUT2D eigenvalue weighted by Gasteiger charge is 2.18. The Kier molecular flexibility index (Phi) is 6.84. The Balaban J connectivity index is 1.79. The van der Waals surface area contributed by atoms with Crippen molar-refractivity contribution >= 4 is 35.0 Å². The quantitative estimate of drug-likeness (QED) is 0.562. The largest absolute Gasteiger partial charge is 0.495 e. The molecule has 1 atom stereocenters. The van der Waals surface area contributed by atoms with Gasteiger partial charge in [-0.2, -0.15) is 9.78 Å². The number of amides is 1. The number of anilines is 1. The van der Waals surface area contributed by atoms with Crippen molar-refractivity contribution in [3.05, 3.63) is 75.0 Å². The van der Waals surface area contributed by atoms with Crippen molar-refractivity contribution < 1.29 is 9.53 Å². The van der Waals surface area contributed by atoms with E-state index in [0.717, 1.165) is 11.1 Å². The molecule has 0 radical (unpaired) electrons. The van der Waals surface area contributed by atoms with E-state index in [2.05, 4.69) is 10.4 Å². The number of benzene rings is 2. The van der Waals surface area contributed by atoms with Crippen LogP contribution in [0.3, 0.4) is 0 Å². The van der Waals surface area contributed by atoms with Gasteiger partial charge in [-0.15, -0.1) is 0 Å². The Labute approximate surface area is 184 Å². The molecular formula is C22H22ClN3O3S. The number of nitrogens with zero attached hydrogens (tertiary/aromatic N) is 2. The smallest absolute Gasteiger partial charge is 0.271 e. The van der Waals surface area contributed by atoms with E-state index in [1.807, 2.05) is 38.1 Å². The van der Waals surface area contributed by atoms with Crippen LogP contribution in [0.4, 0.5) is 5.69 Å². The van der Waals surface area contributed by atoms with Crippen molar-refractivity contribution in [3.63, 3.8) is 0 Å². The number of aryl methyl sites for hydroxylation is 2. The summed E-state index contributed by atoms with van der Waals surface area (Å²) >= 11 is 7.44. The SMILES string of the molecule is COc1ccc(C)cc1NC(=O)[C@@H](C)Sc1ccc(=O)n(-c2ccc(C)c(Cl)c2)n1. The first-order valence-corrected chi connectivity index (χ1v) is 10.5. The van der Waals surface area contributed by atoms with Crippen molar-refractivity contribution in [1.82, 2.24) is 9.78 Å². The minimum Gasteiger partial charge on any atom is -0.495 e. The number of carbonyl (C=O) groups excluding carboxylic acids is 1. The van der Waals surface area contributed by atoms with Crippen LogP contribution in [-0.2, 0) is 4.79 Å². The molecule has 0 bridgehead atoms. The number of rotatable bonds is 6. The number of hydrogen-bond donors (Lipinski definition) is 1. The van der Waals surface area contributed by atoms with Crippen LogP contribution in [-0.4, -0.2) is 28.0 Å². The van der Waals surface area contributed by atoms with E-state index in [9.17, 15) is 9.59 Å². The molecule has 156 valence electrons. The maximum atomic E-state index is 12.7. The highest BCUT2D eigenvalue weighted by atomic mass is 35.5. The third kappa shape index (κ3) is 5.04. The lowest BCUT2D eigenvalue weighted by Gasteiger charge is -2.15. The number of methoxy groups -OCH3 is 1. The van der Waals surface area contributed by atoms with Crippen molar-refractivity contribution in [1.29, 1.82) is 0 Å². The highest BCUT2D eigenvalue weighted by molar-refractivity contribution is 8.00. The third-order valence-electron chi connectivity index (χ3n) is 4.46. The first kappa shape index (κ1) is 21.9. The summed E-state index contributed by atoms with van der Waals surface area (Å²) < 4.78 is 6.59. The topological polar surface area (TPSA) is 73.2 Å². The molecule has 0 spiro atoms. The van der Waals surface area contributed by atoms with Crippen molar-refractivity contribution in [2.45, 2.75) is 31.0 Å². The van der Waals surface area contributed by atoms with Crippen LogP contribution < -0.4 is 15.6 Å². The zero-order valence-corrected chi connectivity index (χ0v) is 18.7. The van der Waals surface area contributed by atoms with Gasteiger partial charge in [-0.25, -0.2) is 0 Å². The summed E-state index contributed by atoms with van der Waals surface area (Å²) in [4.78, 5) is 25.0. The summed E-state index contributed by atoms with van der Waals surface area (Å²) in [5.41, 5.74) is 2.83. The summed E-state index contributed by atoms with van der Waals surface area (Å²) in [5.74, 6) is 0.399. The maximum Gasteiger partial charge on any atom is 0.271 e. The minimum atomic E-state index is -0.449. The number of thioether (sulfide) groups is 1. The maximum absolute atomic E-state index is 12.7. The van der Waals surface area contributed by atoms with Crippen LogP contribution in [0.2, 0.25) is 5.02 Å². The molecule has 0 saturated carbocycles. The average Bonchev–Trinajstić information content (AvgIpc) is 2.71. The molecule has 3 aromatic rings. The van der Waals surface area contributed by atoms with E-state index < -0.39 is 5.25 Å². The van der Waals surface area contributed by atoms with Gasteiger partial charge in [-0.3, -0.25) is 9.59 Å². The lowest BCUT2D eigenvalue weighted by atomic mass is 10.2. The molecule has 0 aliphatic rings. The highest BCUT2D eigenvalue weighted by Crippen LogP contribution is 2.27. The number of nitrogens with one attached hydrogen (secondary N) is 1. The monoisotopic (exact) mass is 443 g/mol. The second-order valence-electron chi connectivity index (χ2n) is 6.81. The fraction of sp³-hybridized carbons (Fsp3) is 0.227. The molecule has 3 rings (SSSR count). The van der Waals surface area contributed by atoms with Gasteiger partial charge >= 0.3 is 0 Å². The Morgan fingerprint density at radius 1 is 1.17 bits per heavy atom. The van der Waals surface area contributed by atoms with Gasteiger partial charge in [0.05, 0.1) is 23.7 Å². The number of carbonyl (C=O) groups is 1. The van der Waals surface area contributed by atoms with E-state index in [4.69, 9.17) is 16.3 Å². The van der Waals surface area contributed by atoms with Crippen LogP contribution in [0.25, 0.3) is 5.69 Å². The molecule has 1 N–H and O–H groups in total. The molecule has 1 heterocycles. The molecular weight excluding hydrogens is 422 g/mol. The Morgan fingerprint density at radius 3 is 2.63 bits per heavy atom. The second-order valence-corrected chi connectivity index (χ2v) is 8.58. The van der Waals surface area contributed by atoms with E-state index in [1.54, 1.807) is 32.2 Å². The molecule has 0 saturated heterocycles. The minimum absolute atomic E-state index is 0.193. The van der Waals surface area contributed by atoms with Crippen LogP contribution >= 0.6 is 23.4 Å². The molecule has 8 heteroatoms. The van der Waals surface area contributed by atoms with E-state index in [1.165, 1.54) is 22.5 Å². The molecule has 0 unspecified atom stereocenters. The first-order chi connectivity index (χ1) is 14.3. The van der Waals surface area contributed by atoms with Gasteiger partial charge in [0.1, 0.15) is 10.8 Å². The number of hydrogen-bond acceptors (Lipinski definition) is 5. The van der Waals surface area contributed by atoms with E-state index >= 15 is 0 Å². The normalized spacial score (nSPS) is 11.8. The predicted octanol–water partition coefficient (Wildman–Crippen LogP) is 4.63. The second kappa shape index (κ2) is 9.36. The molecule has 6 nitrogen and oxygen atoms in total. The van der Waals surface area contributed by atoms with Gasteiger partial charge < -0.3 is 10.1 Å². The van der Waals surface area contributed by atoms with Crippen molar-refractivity contribution in [2.75, 3.05) is 12.4 Å². The molecule has 1 aromatic heterocycles. The Hall–Kier alpha value is -2.77. The molecule has 0 aliphatic carbocycles. The van der Waals surface area contributed by atoms with Crippen LogP contribution in [0, 0.1) is 13.8 Å². The number of ether oxygens (including phenoxy) is 1. The standard InChI is InChI=1S/C22H22ClN3O3S/c1-13-5-8-19(29-4)18(11-13)24-22(28)15(3)30-20-9-10-21(27)26(25-20)16-7-6-14(2)17(23)12-16/h5-12,15H,1-4H3,(H,24,28)/t15-/m1/s1. The number of halogens is 1. The lowest BCUT2D eigenvalue weighted by Crippen LogP contribution is -2.24. The first-order valence-electron chi connectivity index (χ1n) is 9.27. The summed E-state index contributed by atoms with van der Waals surface area (Å²) in [6.45, 7) is 5.61. The van der Waals surface area contributed by atoms with Crippen molar-refractivity contribution in [2.24, 2.45) is 0 Å². The zero-order valence-electron chi connectivity index (χ0n) is 17.1. The summed E-state index contributed by atoms with van der Waals surface area (Å²) in [6.07, 6.45) is 0. The molecule has 0 aliphatic heterocycles. The molecule has 2 aromatic carbocycles. The van der Waals surface area contributed by atoms with Gasteiger partial charge in [-0.1, -0.05) is 35.5 Å². The zero-order chi connectivity index (χ0) is 21.8. The lowest BCUT2D eigenvalue weighted by molar-refractivity contribution is -0.115. The van der Waals surface area contributed by atoms with Gasteiger partial charge in [0.2, 0.25) is 5.91 Å². The fourth-order valence-electron chi connectivity index (χ4n) is 2.74. The number of aromatic nitrogens is 2. The van der Waals surface area contributed by atoms with Gasteiger partial charge in [0, 0.05) is 11.1 Å².